The molecule has 114 valence electrons. The fraction of sp³-hybridized carbons (Fsp3) is 0.500. The van der Waals surface area contributed by atoms with E-state index in [4.69, 9.17) is 21.4 Å². The van der Waals surface area contributed by atoms with Gasteiger partial charge in [-0.3, -0.25) is 0 Å². The lowest BCUT2D eigenvalue weighted by Gasteiger charge is -2.35. The molecule has 1 atom stereocenters. The van der Waals surface area contributed by atoms with Crippen LogP contribution in [0.25, 0.3) is 0 Å². The fourth-order valence-electron chi connectivity index (χ4n) is 2.43. The van der Waals surface area contributed by atoms with E-state index in [1.807, 2.05) is 0 Å². The van der Waals surface area contributed by atoms with Gasteiger partial charge in [0.15, 0.2) is 0 Å². The second-order valence-electron chi connectivity index (χ2n) is 4.79. The van der Waals surface area contributed by atoms with Crippen LogP contribution in [0.3, 0.4) is 0 Å². The standard InChI is InChI=1S/C14H17ClN2O4/c1-2-21-14(20)11-5-3-4-6-17(11)12-10(15)7-9(8-16-12)13(18)19/h7-8,11H,2-6H2,1H3,(H,18,19). The van der Waals surface area contributed by atoms with Crippen molar-refractivity contribution in [2.75, 3.05) is 18.1 Å². The molecule has 1 saturated heterocycles. The number of rotatable bonds is 4. The summed E-state index contributed by atoms with van der Waals surface area (Å²) in [6, 6.07) is 0.933. The number of carbonyl (C=O) groups is 2. The Kier molecular flexibility index (Phi) is 5.01. The van der Waals surface area contributed by atoms with Crippen LogP contribution in [-0.4, -0.2) is 41.2 Å². The van der Waals surface area contributed by atoms with E-state index < -0.39 is 12.0 Å². The van der Waals surface area contributed by atoms with Gasteiger partial charge in [0.25, 0.3) is 0 Å². The number of pyridine rings is 1. The molecule has 1 aromatic rings. The van der Waals surface area contributed by atoms with E-state index in [-0.39, 0.29) is 16.6 Å². The quantitative estimate of drug-likeness (QED) is 0.860. The van der Waals surface area contributed by atoms with Gasteiger partial charge >= 0.3 is 11.9 Å². The molecular weight excluding hydrogens is 296 g/mol. The summed E-state index contributed by atoms with van der Waals surface area (Å²) in [6.07, 6.45) is 3.79. The number of piperidine rings is 1. The van der Waals surface area contributed by atoms with Gasteiger partial charge < -0.3 is 14.7 Å². The van der Waals surface area contributed by atoms with Crippen LogP contribution in [-0.2, 0) is 9.53 Å². The molecular formula is C14H17ClN2O4. The smallest absolute Gasteiger partial charge is 0.337 e. The molecule has 0 saturated carbocycles. The molecule has 1 N–H and O–H groups in total. The molecule has 1 aliphatic rings. The van der Waals surface area contributed by atoms with Crippen LogP contribution in [0.15, 0.2) is 12.3 Å². The van der Waals surface area contributed by atoms with Crippen LogP contribution in [0.1, 0.15) is 36.5 Å². The molecule has 2 heterocycles. The van der Waals surface area contributed by atoms with Crippen LogP contribution in [0.4, 0.5) is 5.82 Å². The molecule has 2 rings (SSSR count). The van der Waals surface area contributed by atoms with Crippen molar-refractivity contribution in [3.05, 3.63) is 22.8 Å². The van der Waals surface area contributed by atoms with Gasteiger partial charge in [-0.1, -0.05) is 11.6 Å². The van der Waals surface area contributed by atoms with E-state index in [0.717, 1.165) is 12.8 Å². The average Bonchev–Trinajstić information content (AvgIpc) is 2.47. The van der Waals surface area contributed by atoms with Crippen LogP contribution in [0.5, 0.6) is 0 Å². The topological polar surface area (TPSA) is 79.7 Å². The molecule has 0 aromatic carbocycles. The second kappa shape index (κ2) is 6.76. The third-order valence-corrected chi connectivity index (χ3v) is 3.68. The number of anilines is 1. The second-order valence-corrected chi connectivity index (χ2v) is 5.20. The zero-order valence-corrected chi connectivity index (χ0v) is 12.5. The third-order valence-electron chi connectivity index (χ3n) is 3.40. The normalized spacial score (nSPS) is 18.4. The molecule has 0 radical (unpaired) electrons. The molecule has 1 aliphatic heterocycles. The highest BCUT2D eigenvalue weighted by Crippen LogP contribution is 2.30. The Bertz CT molecular complexity index is 550. The van der Waals surface area contributed by atoms with E-state index in [1.54, 1.807) is 11.8 Å². The maximum Gasteiger partial charge on any atom is 0.337 e. The third kappa shape index (κ3) is 3.44. The van der Waals surface area contributed by atoms with Crippen LogP contribution in [0, 0.1) is 0 Å². The van der Waals surface area contributed by atoms with Crippen LogP contribution < -0.4 is 4.90 Å². The van der Waals surface area contributed by atoms with Crippen molar-refractivity contribution in [3.63, 3.8) is 0 Å². The highest BCUT2D eigenvalue weighted by molar-refractivity contribution is 6.33. The Balaban J connectivity index is 2.29. The monoisotopic (exact) mass is 312 g/mol. The molecule has 0 spiro atoms. The van der Waals surface area contributed by atoms with Crippen LogP contribution in [0.2, 0.25) is 5.02 Å². The average molecular weight is 313 g/mol. The number of esters is 1. The summed E-state index contributed by atoms with van der Waals surface area (Å²) in [5, 5.41) is 9.16. The number of aromatic nitrogens is 1. The van der Waals surface area contributed by atoms with Gasteiger partial charge in [0.1, 0.15) is 11.9 Å². The van der Waals surface area contributed by atoms with Gasteiger partial charge in [-0.2, -0.15) is 0 Å². The molecule has 1 unspecified atom stereocenters. The number of ether oxygens (including phenoxy) is 1. The number of aromatic carboxylic acids is 1. The maximum absolute atomic E-state index is 12.0. The number of carboxylic acid groups (broad SMARTS) is 1. The van der Waals surface area contributed by atoms with Gasteiger partial charge in [-0.25, -0.2) is 14.6 Å². The largest absolute Gasteiger partial charge is 0.478 e. The van der Waals surface area contributed by atoms with Crippen molar-refractivity contribution >= 4 is 29.4 Å². The van der Waals surface area contributed by atoms with Gasteiger partial charge in [-0.15, -0.1) is 0 Å². The number of carbonyl (C=O) groups excluding carboxylic acids is 1. The summed E-state index contributed by atoms with van der Waals surface area (Å²) in [5.41, 5.74) is 0.0217. The van der Waals surface area contributed by atoms with Crippen molar-refractivity contribution in [2.24, 2.45) is 0 Å². The highest BCUT2D eigenvalue weighted by Gasteiger charge is 2.32. The predicted octanol–water partition coefficient (Wildman–Crippen LogP) is 2.36. The lowest BCUT2D eigenvalue weighted by atomic mass is 10.0. The van der Waals surface area contributed by atoms with Crippen LogP contribution >= 0.6 is 11.6 Å². The summed E-state index contributed by atoms with van der Waals surface area (Å²) in [5.74, 6) is -0.951. The minimum atomic E-state index is -1.09. The maximum atomic E-state index is 12.0. The molecule has 1 aromatic heterocycles. The first kappa shape index (κ1) is 15.6. The molecule has 21 heavy (non-hydrogen) atoms. The van der Waals surface area contributed by atoms with Gasteiger partial charge in [0, 0.05) is 12.7 Å². The number of hydrogen-bond donors (Lipinski definition) is 1. The van der Waals surface area contributed by atoms with E-state index in [9.17, 15) is 9.59 Å². The first-order chi connectivity index (χ1) is 10.0. The minimum absolute atomic E-state index is 0.0217. The van der Waals surface area contributed by atoms with E-state index in [2.05, 4.69) is 4.98 Å². The molecule has 7 heteroatoms. The lowest BCUT2D eigenvalue weighted by molar-refractivity contribution is -0.145. The molecule has 0 bridgehead atoms. The minimum Gasteiger partial charge on any atom is -0.478 e. The lowest BCUT2D eigenvalue weighted by Crippen LogP contribution is -2.46. The zero-order valence-electron chi connectivity index (χ0n) is 11.7. The van der Waals surface area contributed by atoms with E-state index >= 15 is 0 Å². The summed E-state index contributed by atoms with van der Waals surface area (Å²) < 4.78 is 5.09. The van der Waals surface area contributed by atoms with E-state index in [0.29, 0.717) is 25.4 Å². The number of halogens is 1. The highest BCUT2D eigenvalue weighted by atomic mass is 35.5. The van der Waals surface area contributed by atoms with E-state index in [1.165, 1.54) is 12.3 Å². The Morgan fingerprint density at radius 3 is 2.90 bits per heavy atom. The van der Waals surface area contributed by atoms with Crippen molar-refractivity contribution in [1.29, 1.82) is 0 Å². The Hall–Kier alpha value is -1.82. The Labute approximate surface area is 127 Å². The molecule has 0 amide bonds. The number of hydrogen-bond acceptors (Lipinski definition) is 5. The van der Waals surface area contributed by atoms with Crippen molar-refractivity contribution in [3.8, 4) is 0 Å². The van der Waals surface area contributed by atoms with Gasteiger partial charge in [0.05, 0.1) is 17.2 Å². The van der Waals surface area contributed by atoms with Crippen molar-refractivity contribution in [2.45, 2.75) is 32.2 Å². The molecule has 6 nitrogen and oxygen atoms in total. The van der Waals surface area contributed by atoms with Gasteiger partial charge in [0.2, 0.25) is 0 Å². The Morgan fingerprint density at radius 1 is 1.52 bits per heavy atom. The Morgan fingerprint density at radius 2 is 2.29 bits per heavy atom. The summed E-state index contributed by atoms with van der Waals surface area (Å²) in [4.78, 5) is 28.9. The summed E-state index contributed by atoms with van der Waals surface area (Å²) >= 11 is 6.13. The van der Waals surface area contributed by atoms with Crippen molar-refractivity contribution < 1.29 is 19.4 Å². The first-order valence-electron chi connectivity index (χ1n) is 6.86. The van der Waals surface area contributed by atoms with Gasteiger partial charge in [-0.05, 0) is 32.3 Å². The summed E-state index contributed by atoms with van der Waals surface area (Å²) in [6.45, 7) is 2.73. The summed E-state index contributed by atoms with van der Waals surface area (Å²) in [7, 11) is 0. The number of carboxylic acids is 1. The van der Waals surface area contributed by atoms with Crippen molar-refractivity contribution in [1.82, 2.24) is 4.98 Å². The predicted molar refractivity (Wildman–Crippen MR) is 77.8 cm³/mol. The first-order valence-corrected chi connectivity index (χ1v) is 7.24. The zero-order chi connectivity index (χ0) is 15.4. The molecule has 0 aliphatic carbocycles. The number of nitrogens with zero attached hydrogens (tertiary/aromatic N) is 2. The molecule has 1 fully saturated rings. The SMILES string of the molecule is CCOC(=O)C1CCCCN1c1ncc(C(=O)O)cc1Cl. The fourth-order valence-corrected chi connectivity index (χ4v) is 2.70.